The Labute approximate surface area is 82.3 Å². The smallest absolute Gasteiger partial charge is 0.215 e. The van der Waals surface area contributed by atoms with Crippen LogP contribution in [0.25, 0.3) is 0 Å². The second-order valence-electron chi connectivity index (χ2n) is 3.53. The minimum Gasteiger partial charge on any atom is -0.490 e. The first-order chi connectivity index (χ1) is 6.75. The van der Waals surface area contributed by atoms with Crippen molar-refractivity contribution in [1.82, 2.24) is 10.3 Å². The van der Waals surface area contributed by atoms with Crippen LogP contribution in [0.5, 0.6) is 5.75 Å². The molecule has 76 valence electrons. The molecule has 2 rings (SSSR count). The molecular formula is C10H13FN2O. The zero-order valence-corrected chi connectivity index (χ0v) is 8.09. The van der Waals surface area contributed by atoms with Crippen LogP contribution in [0.4, 0.5) is 4.39 Å². The molecule has 0 amide bonds. The molecule has 1 aromatic heterocycles. The first kappa shape index (κ1) is 9.40. The van der Waals surface area contributed by atoms with Gasteiger partial charge in [0.2, 0.25) is 5.95 Å². The van der Waals surface area contributed by atoms with E-state index in [4.69, 9.17) is 4.74 Å². The lowest BCUT2D eigenvalue weighted by Crippen LogP contribution is -2.46. The third-order valence-electron chi connectivity index (χ3n) is 2.37. The van der Waals surface area contributed by atoms with Gasteiger partial charge in [-0.25, -0.2) is 4.98 Å². The van der Waals surface area contributed by atoms with E-state index in [9.17, 15) is 4.39 Å². The van der Waals surface area contributed by atoms with E-state index >= 15 is 0 Å². The normalized spacial score (nSPS) is 20.3. The van der Waals surface area contributed by atoms with Crippen LogP contribution in [-0.4, -0.2) is 24.2 Å². The molecule has 1 aliphatic rings. The highest BCUT2D eigenvalue weighted by molar-refractivity contribution is 5.23. The number of aromatic nitrogens is 1. The maximum atomic E-state index is 12.8. The maximum Gasteiger partial charge on any atom is 0.215 e. The number of hydrogen-bond donors (Lipinski definition) is 1. The fraction of sp³-hybridized carbons (Fsp3) is 0.500. The number of hydrogen-bond acceptors (Lipinski definition) is 3. The van der Waals surface area contributed by atoms with Crippen LogP contribution in [0, 0.1) is 12.9 Å². The minimum atomic E-state index is -0.431. The van der Waals surface area contributed by atoms with E-state index in [1.54, 1.807) is 13.0 Å². The first-order valence-corrected chi connectivity index (χ1v) is 4.74. The second-order valence-corrected chi connectivity index (χ2v) is 3.53. The first-order valence-electron chi connectivity index (χ1n) is 4.74. The Morgan fingerprint density at radius 3 is 3.07 bits per heavy atom. The number of pyridine rings is 1. The molecule has 0 aromatic carbocycles. The van der Waals surface area contributed by atoms with Crippen molar-refractivity contribution in [2.45, 2.75) is 19.4 Å². The van der Waals surface area contributed by atoms with Crippen LogP contribution in [-0.2, 0) is 0 Å². The van der Waals surface area contributed by atoms with Gasteiger partial charge in [-0.1, -0.05) is 0 Å². The molecular weight excluding hydrogens is 183 g/mol. The summed E-state index contributed by atoms with van der Waals surface area (Å²) in [6.45, 7) is 3.37. The molecule has 0 aliphatic carbocycles. The van der Waals surface area contributed by atoms with Crippen LogP contribution in [0.2, 0.25) is 0 Å². The standard InChI is InChI=1S/C10H13FN2O/c1-7-4-9(5-13-10(7)11)14-6-8-2-3-12-8/h4-5,8,12H,2-3,6H2,1H3. The SMILES string of the molecule is Cc1cc(OCC2CCN2)cnc1F. The number of rotatable bonds is 3. The van der Waals surface area contributed by atoms with Crippen molar-refractivity contribution in [3.8, 4) is 5.75 Å². The summed E-state index contributed by atoms with van der Waals surface area (Å²) in [5, 5.41) is 3.22. The van der Waals surface area contributed by atoms with Crippen LogP contribution in [0.15, 0.2) is 12.3 Å². The van der Waals surface area contributed by atoms with Gasteiger partial charge in [-0.15, -0.1) is 0 Å². The predicted octanol–water partition coefficient (Wildman–Crippen LogP) is 1.27. The lowest BCUT2D eigenvalue weighted by Gasteiger charge is -2.27. The fourth-order valence-corrected chi connectivity index (χ4v) is 1.30. The Morgan fingerprint density at radius 1 is 1.71 bits per heavy atom. The molecule has 4 heteroatoms. The quantitative estimate of drug-likeness (QED) is 0.739. The zero-order chi connectivity index (χ0) is 9.97. The molecule has 0 spiro atoms. The van der Waals surface area contributed by atoms with Gasteiger partial charge in [-0.05, 0) is 26.0 Å². The van der Waals surface area contributed by atoms with E-state index in [0.717, 1.165) is 13.0 Å². The van der Waals surface area contributed by atoms with Crippen molar-refractivity contribution in [3.63, 3.8) is 0 Å². The number of nitrogens with one attached hydrogen (secondary N) is 1. The van der Waals surface area contributed by atoms with Gasteiger partial charge in [0.15, 0.2) is 0 Å². The largest absolute Gasteiger partial charge is 0.490 e. The Morgan fingerprint density at radius 2 is 2.50 bits per heavy atom. The van der Waals surface area contributed by atoms with Crippen LogP contribution in [0.3, 0.4) is 0 Å². The van der Waals surface area contributed by atoms with E-state index in [-0.39, 0.29) is 0 Å². The average Bonchev–Trinajstić information content (AvgIpc) is 2.08. The van der Waals surface area contributed by atoms with Gasteiger partial charge >= 0.3 is 0 Å². The highest BCUT2D eigenvalue weighted by Gasteiger charge is 2.16. The lowest BCUT2D eigenvalue weighted by molar-refractivity contribution is 0.216. The van der Waals surface area contributed by atoms with Gasteiger partial charge in [0.05, 0.1) is 6.20 Å². The Kier molecular flexibility index (Phi) is 2.63. The summed E-state index contributed by atoms with van der Waals surface area (Å²) >= 11 is 0. The van der Waals surface area contributed by atoms with Gasteiger partial charge < -0.3 is 10.1 Å². The second kappa shape index (κ2) is 3.92. The molecule has 0 radical (unpaired) electrons. The highest BCUT2D eigenvalue weighted by atomic mass is 19.1. The Bertz CT molecular complexity index is 326. The fourth-order valence-electron chi connectivity index (χ4n) is 1.30. The summed E-state index contributed by atoms with van der Waals surface area (Å²) in [6, 6.07) is 2.11. The third kappa shape index (κ3) is 2.01. The number of nitrogens with zero attached hydrogens (tertiary/aromatic N) is 1. The molecule has 1 aromatic rings. The summed E-state index contributed by atoms with van der Waals surface area (Å²) in [5.74, 6) is 0.205. The van der Waals surface area contributed by atoms with Crippen molar-refractivity contribution >= 4 is 0 Å². The van der Waals surface area contributed by atoms with Crippen molar-refractivity contribution < 1.29 is 9.13 Å². The molecule has 0 bridgehead atoms. The van der Waals surface area contributed by atoms with Crippen molar-refractivity contribution in [3.05, 3.63) is 23.8 Å². The van der Waals surface area contributed by atoms with Crippen LogP contribution < -0.4 is 10.1 Å². The van der Waals surface area contributed by atoms with Gasteiger partial charge in [0, 0.05) is 11.6 Å². The molecule has 0 saturated carbocycles. The highest BCUT2D eigenvalue weighted by Crippen LogP contribution is 2.14. The van der Waals surface area contributed by atoms with Crippen molar-refractivity contribution in [1.29, 1.82) is 0 Å². The summed E-state index contributed by atoms with van der Waals surface area (Å²) in [7, 11) is 0. The lowest BCUT2D eigenvalue weighted by atomic mass is 10.1. The number of halogens is 1. The van der Waals surface area contributed by atoms with E-state index in [1.165, 1.54) is 6.20 Å². The number of aryl methyl sites for hydroxylation is 1. The molecule has 1 atom stereocenters. The molecule has 1 fully saturated rings. The molecule has 1 N–H and O–H groups in total. The predicted molar refractivity (Wildman–Crippen MR) is 50.8 cm³/mol. The van der Waals surface area contributed by atoms with Gasteiger partial charge in [-0.2, -0.15) is 4.39 Å². The Balaban J connectivity index is 1.91. The molecule has 1 saturated heterocycles. The average molecular weight is 196 g/mol. The molecule has 14 heavy (non-hydrogen) atoms. The zero-order valence-electron chi connectivity index (χ0n) is 8.09. The third-order valence-corrected chi connectivity index (χ3v) is 2.37. The number of ether oxygens (including phenoxy) is 1. The Hall–Kier alpha value is -1.16. The van der Waals surface area contributed by atoms with Gasteiger partial charge in [0.1, 0.15) is 12.4 Å². The molecule has 2 heterocycles. The molecule has 1 aliphatic heterocycles. The van der Waals surface area contributed by atoms with E-state index < -0.39 is 5.95 Å². The topological polar surface area (TPSA) is 34.1 Å². The minimum absolute atomic E-state index is 0.431. The summed E-state index contributed by atoms with van der Waals surface area (Å²) in [5.41, 5.74) is 0.518. The van der Waals surface area contributed by atoms with E-state index in [0.29, 0.717) is 24.0 Å². The maximum absolute atomic E-state index is 12.8. The van der Waals surface area contributed by atoms with Crippen molar-refractivity contribution in [2.24, 2.45) is 0 Å². The van der Waals surface area contributed by atoms with Crippen LogP contribution in [0.1, 0.15) is 12.0 Å². The molecule has 1 unspecified atom stereocenters. The summed E-state index contributed by atoms with van der Waals surface area (Å²) in [4.78, 5) is 3.59. The van der Waals surface area contributed by atoms with Gasteiger partial charge in [-0.3, -0.25) is 0 Å². The summed E-state index contributed by atoms with van der Waals surface area (Å²) in [6.07, 6.45) is 2.56. The van der Waals surface area contributed by atoms with E-state index in [2.05, 4.69) is 10.3 Å². The van der Waals surface area contributed by atoms with Crippen LogP contribution >= 0.6 is 0 Å². The summed E-state index contributed by atoms with van der Waals surface area (Å²) < 4.78 is 18.2. The van der Waals surface area contributed by atoms with Gasteiger partial charge in [0.25, 0.3) is 0 Å². The van der Waals surface area contributed by atoms with E-state index in [1.807, 2.05) is 0 Å². The van der Waals surface area contributed by atoms with Crippen molar-refractivity contribution in [2.75, 3.05) is 13.2 Å². The monoisotopic (exact) mass is 196 g/mol. The molecule has 3 nitrogen and oxygen atoms in total.